The second kappa shape index (κ2) is 7.13. The van der Waals surface area contributed by atoms with E-state index in [4.69, 9.17) is 17.3 Å². The summed E-state index contributed by atoms with van der Waals surface area (Å²) in [6.07, 6.45) is 4.93. The zero-order valence-electron chi connectivity index (χ0n) is 10.9. The molecule has 1 unspecified atom stereocenters. The number of nitrogens with two attached hydrogens (primary N) is 1. The van der Waals surface area contributed by atoms with E-state index in [-0.39, 0.29) is 0 Å². The van der Waals surface area contributed by atoms with Crippen LogP contribution in [0.2, 0.25) is 5.02 Å². The van der Waals surface area contributed by atoms with E-state index in [0.29, 0.717) is 5.92 Å². The minimum atomic E-state index is 0.713. The third-order valence-corrected chi connectivity index (χ3v) is 4.00. The largest absolute Gasteiger partial charge is 0.330 e. The van der Waals surface area contributed by atoms with Gasteiger partial charge in [-0.25, -0.2) is 0 Å². The van der Waals surface area contributed by atoms with Crippen molar-refractivity contribution in [2.45, 2.75) is 25.7 Å². The second-order valence-electron chi connectivity index (χ2n) is 5.28. The van der Waals surface area contributed by atoms with Crippen LogP contribution in [0.15, 0.2) is 24.3 Å². The van der Waals surface area contributed by atoms with Crippen LogP contribution in [0.1, 0.15) is 24.8 Å². The van der Waals surface area contributed by atoms with E-state index in [1.807, 2.05) is 12.1 Å². The lowest BCUT2D eigenvalue weighted by Gasteiger charge is -2.32. The molecule has 0 saturated carbocycles. The number of likely N-dealkylation sites (tertiary alicyclic amines) is 1. The van der Waals surface area contributed by atoms with Gasteiger partial charge in [0.2, 0.25) is 0 Å². The maximum absolute atomic E-state index is 5.99. The predicted octanol–water partition coefficient (Wildman–Crippen LogP) is 2.94. The first-order valence-corrected chi connectivity index (χ1v) is 7.32. The van der Waals surface area contributed by atoms with Crippen LogP contribution in [0, 0.1) is 5.92 Å². The number of benzene rings is 1. The van der Waals surface area contributed by atoms with E-state index < -0.39 is 0 Å². The molecule has 1 atom stereocenters. The maximum atomic E-state index is 5.99. The number of nitrogens with zero attached hydrogens (tertiary/aromatic N) is 1. The van der Waals surface area contributed by atoms with Crippen LogP contribution >= 0.6 is 11.6 Å². The molecule has 18 heavy (non-hydrogen) atoms. The van der Waals surface area contributed by atoms with Crippen LogP contribution in [-0.4, -0.2) is 31.1 Å². The fraction of sp³-hybridized carbons (Fsp3) is 0.600. The van der Waals surface area contributed by atoms with Gasteiger partial charge in [0.05, 0.1) is 0 Å². The van der Waals surface area contributed by atoms with Crippen molar-refractivity contribution in [1.29, 1.82) is 0 Å². The van der Waals surface area contributed by atoms with E-state index in [9.17, 15) is 0 Å². The van der Waals surface area contributed by atoms with Gasteiger partial charge >= 0.3 is 0 Å². The molecule has 0 amide bonds. The third kappa shape index (κ3) is 4.27. The Hall–Kier alpha value is -0.570. The highest BCUT2D eigenvalue weighted by Gasteiger charge is 2.17. The average molecular weight is 267 g/mol. The summed E-state index contributed by atoms with van der Waals surface area (Å²) >= 11 is 5.99. The molecular formula is C15H23ClN2. The fourth-order valence-corrected chi connectivity index (χ4v) is 2.96. The smallest absolute Gasteiger partial charge is 0.0408 e. The predicted molar refractivity (Wildman–Crippen MR) is 78.0 cm³/mol. The zero-order valence-corrected chi connectivity index (χ0v) is 11.7. The van der Waals surface area contributed by atoms with Crippen molar-refractivity contribution < 1.29 is 0 Å². The van der Waals surface area contributed by atoms with Crippen molar-refractivity contribution in [3.63, 3.8) is 0 Å². The Morgan fingerprint density at radius 2 is 2.28 bits per heavy atom. The number of aryl methyl sites for hydroxylation is 1. The van der Waals surface area contributed by atoms with Gasteiger partial charge in [-0.05, 0) is 68.9 Å². The molecule has 1 aromatic rings. The molecule has 0 aliphatic carbocycles. The van der Waals surface area contributed by atoms with Gasteiger partial charge in [0.15, 0.2) is 0 Å². The molecule has 1 saturated heterocycles. The van der Waals surface area contributed by atoms with Gasteiger partial charge in [-0.15, -0.1) is 0 Å². The summed E-state index contributed by atoms with van der Waals surface area (Å²) in [6, 6.07) is 8.19. The van der Waals surface area contributed by atoms with Gasteiger partial charge in [0.1, 0.15) is 0 Å². The highest BCUT2D eigenvalue weighted by molar-refractivity contribution is 6.30. The first kappa shape index (κ1) is 13.9. The van der Waals surface area contributed by atoms with Crippen LogP contribution in [0.25, 0.3) is 0 Å². The molecule has 1 aliphatic rings. The van der Waals surface area contributed by atoms with Crippen molar-refractivity contribution in [1.82, 2.24) is 4.90 Å². The second-order valence-corrected chi connectivity index (χ2v) is 5.71. The summed E-state index contributed by atoms with van der Waals surface area (Å²) in [4.78, 5) is 2.56. The van der Waals surface area contributed by atoms with E-state index >= 15 is 0 Å². The standard InChI is InChI=1S/C15H23ClN2/c16-15-7-1-4-13(10-15)5-2-8-18-9-3-6-14(11-17)12-18/h1,4,7,10,14H,2-3,5-6,8-9,11-12,17H2. The lowest BCUT2D eigenvalue weighted by molar-refractivity contribution is 0.176. The monoisotopic (exact) mass is 266 g/mol. The van der Waals surface area contributed by atoms with Crippen LogP contribution in [0.4, 0.5) is 0 Å². The van der Waals surface area contributed by atoms with Crippen molar-refractivity contribution >= 4 is 11.6 Å². The molecule has 0 aromatic heterocycles. The van der Waals surface area contributed by atoms with E-state index in [2.05, 4.69) is 17.0 Å². The quantitative estimate of drug-likeness (QED) is 0.888. The van der Waals surface area contributed by atoms with Crippen molar-refractivity contribution in [2.75, 3.05) is 26.2 Å². The molecule has 3 heteroatoms. The topological polar surface area (TPSA) is 29.3 Å². The van der Waals surface area contributed by atoms with E-state index in [1.54, 1.807) is 0 Å². The first-order chi connectivity index (χ1) is 8.78. The Kier molecular flexibility index (Phi) is 5.48. The minimum absolute atomic E-state index is 0.713. The zero-order chi connectivity index (χ0) is 12.8. The lowest BCUT2D eigenvalue weighted by atomic mass is 9.98. The van der Waals surface area contributed by atoms with E-state index in [0.717, 1.165) is 18.0 Å². The molecule has 0 radical (unpaired) electrons. The number of rotatable bonds is 5. The minimum Gasteiger partial charge on any atom is -0.330 e. The van der Waals surface area contributed by atoms with Gasteiger partial charge < -0.3 is 10.6 Å². The molecular weight excluding hydrogens is 244 g/mol. The highest BCUT2D eigenvalue weighted by Crippen LogP contribution is 2.16. The lowest BCUT2D eigenvalue weighted by Crippen LogP contribution is -2.38. The fourth-order valence-electron chi connectivity index (χ4n) is 2.75. The number of hydrogen-bond donors (Lipinski definition) is 1. The summed E-state index contributed by atoms with van der Waals surface area (Å²) in [7, 11) is 0. The van der Waals surface area contributed by atoms with Crippen LogP contribution < -0.4 is 5.73 Å². The summed E-state index contributed by atoms with van der Waals surface area (Å²) in [6.45, 7) is 4.45. The maximum Gasteiger partial charge on any atom is 0.0408 e. The molecule has 0 bridgehead atoms. The van der Waals surface area contributed by atoms with Gasteiger partial charge in [-0.2, -0.15) is 0 Å². The van der Waals surface area contributed by atoms with Crippen molar-refractivity contribution in [3.8, 4) is 0 Å². The van der Waals surface area contributed by atoms with Gasteiger partial charge in [0.25, 0.3) is 0 Å². The summed E-state index contributed by atoms with van der Waals surface area (Å²) in [5.74, 6) is 0.713. The normalized spacial score (nSPS) is 21.1. The number of hydrogen-bond acceptors (Lipinski definition) is 2. The molecule has 1 aliphatic heterocycles. The van der Waals surface area contributed by atoms with Crippen molar-refractivity contribution in [3.05, 3.63) is 34.9 Å². The Morgan fingerprint density at radius 3 is 3.06 bits per heavy atom. The van der Waals surface area contributed by atoms with Crippen molar-refractivity contribution in [2.24, 2.45) is 11.7 Å². The Bertz CT molecular complexity index is 367. The average Bonchev–Trinajstić information content (AvgIpc) is 2.39. The Labute approximate surface area is 115 Å². The Morgan fingerprint density at radius 1 is 1.39 bits per heavy atom. The number of halogens is 1. The molecule has 0 spiro atoms. The number of piperidine rings is 1. The molecule has 1 fully saturated rings. The van der Waals surface area contributed by atoms with Crippen LogP contribution in [0.5, 0.6) is 0 Å². The summed E-state index contributed by atoms with van der Waals surface area (Å²) in [5, 5.41) is 0.841. The summed E-state index contributed by atoms with van der Waals surface area (Å²) in [5.41, 5.74) is 7.10. The van der Waals surface area contributed by atoms with Crippen LogP contribution in [0.3, 0.4) is 0 Å². The third-order valence-electron chi connectivity index (χ3n) is 3.77. The van der Waals surface area contributed by atoms with Crippen LogP contribution in [-0.2, 0) is 6.42 Å². The Balaban J connectivity index is 1.72. The molecule has 1 heterocycles. The molecule has 2 N–H and O–H groups in total. The first-order valence-electron chi connectivity index (χ1n) is 6.95. The summed E-state index contributed by atoms with van der Waals surface area (Å²) < 4.78 is 0. The van der Waals surface area contributed by atoms with Gasteiger partial charge in [-0.1, -0.05) is 23.7 Å². The van der Waals surface area contributed by atoms with Gasteiger partial charge in [0, 0.05) is 11.6 Å². The SMILES string of the molecule is NCC1CCCN(CCCc2cccc(Cl)c2)C1. The highest BCUT2D eigenvalue weighted by atomic mass is 35.5. The van der Waals surface area contributed by atoms with E-state index in [1.165, 1.54) is 44.5 Å². The van der Waals surface area contributed by atoms with Gasteiger partial charge in [-0.3, -0.25) is 0 Å². The molecule has 2 nitrogen and oxygen atoms in total. The molecule has 1 aromatic carbocycles. The molecule has 100 valence electrons. The molecule has 2 rings (SSSR count).